The van der Waals surface area contributed by atoms with Gasteiger partial charge in [-0.15, -0.1) is 0 Å². The molecule has 8 rings (SSSR count). The normalized spacial score (nSPS) is 10.2. The van der Waals surface area contributed by atoms with Crippen molar-refractivity contribution in [2.75, 3.05) is 54.4 Å². The Morgan fingerprint density at radius 1 is 0.567 bits per heavy atom. The first-order valence-electron chi connectivity index (χ1n) is 20.6. The van der Waals surface area contributed by atoms with Gasteiger partial charge in [0, 0.05) is 91.3 Å². The minimum atomic E-state index is -0.360. The Balaban J connectivity index is 0.000000327. The smallest absolute Gasteiger partial charge is 1.00 e. The fraction of sp³-hybridized carbons (Fsp3) is 0.176. The number of anilines is 5. The Morgan fingerprint density at radius 3 is 1.37 bits per heavy atom. The Bertz CT molecular complexity index is 3130. The van der Waals surface area contributed by atoms with Gasteiger partial charge in [-0.25, -0.2) is 19.6 Å². The number of pyridine rings is 4. The summed E-state index contributed by atoms with van der Waals surface area (Å²) in [5, 5.41) is 16.0. The summed E-state index contributed by atoms with van der Waals surface area (Å²) in [6.45, 7) is 3.87. The SMILES string of the molecule is C.CNC.Cc1ccc(NC(=O)Nc2ccccc2)cc1-c1cc2cnc(Cl)cc2n(C)c1=O.Cc1ccc(NC(=O)Nc2ccccc2)cc1-c1cc2cnc(N(C)C)cc2n(C)c1=O.[H-].[K+]. The molecule has 0 fully saturated rings. The van der Waals surface area contributed by atoms with Crippen LogP contribution in [0.25, 0.3) is 44.1 Å². The second kappa shape index (κ2) is 24.6. The number of nitrogens with one attached hydrogen (secondary N) is 5. The third-order valence-corrected chi connectivity index (χ3v) is 10.5. The van der Waals surface area contributed by atoms with E-state index in [9.17, 15) is 19.2 Å². The Labute approximate surface area is 439 Å². The van der Waals surface area contributed by atoms with Crippen LogP contribution in [0.2, 0.25) is 5.15 Å². The molecule has 5 N–H and O–H groups in total. The standard InChI is InChI=1S/C25H25N5O2.C23H19ClN4O2.C2H7N.CH4.K.H/c1-16-10-11-19(28-25(32)27-18-8-6-5-7-9-18)13-20(16)21-12-17-15-26-23(29(2)3)14-22(17)30(4)24(21)31;1-14-8-9-17(27-23(30)26-16-6-4-3-5-7-16)11-18(14)19-10-15-13-25-21(24)12-20(15)28(2)22(19)29;1-3-2;;;/h5-15H,1-4H3,(H2,27,28,32);3-13H,1-2H3,(H2,26,27,30);3H,1-2H3;1H4;;/q;;;;+1;-1. The fourth-order valence-electron chi connectivity index (χ4n) is 6.93. The minimum absolute atomic E-state index is 0. The molecule has 0 aliphatic carbocycles. The maximum absolute atomic E-state index is 13.2. The van der Waals surface area contributed by atoms with Crippen molar-refractivity contribution in [1.82, 2.24) is 24.4 Å². The van der Waals surface area contributed by atoms with E-state index in [0.29, 0.717) is 44.5 Å². The van der Waals surface area contributed by atoms with Crippen molar-refractivity contribution in [1.29, 1.82) is 0 Å². The molecule has 0 aliphatic rings. The van der Waals surface area contributed by atoms with Crippen LogP contribution >= 0.6 is 11.6 Å². The first-order chi connectivity index (χ1) is 31.2. The molecule has 4 amide bonds. The average molecular weight is 948 g/mol. The molecule has 0 saturated carbocycles. The Morgan fingerprint density at radius 2 is 0.955 bits per heavy atom. The molecule has 4 heterocycles. The number of urea groups is 2. The molecule has 0 atom stereocenters. The number of hydrogen-bond acceptors (Lipinski definition) is 8. The molecular formula is C51H56ClKN10O4. The van der Waals surface area contributed by atoms with E-state index in [0.717, 1.165) is 44.4 Å². The number of aryl methyl sites for hydroxylation is 4. The van der Waals surface area contributed by atoms with E-state index < -0.39 is 0 Å². The van der Waals surface area contributed by atoms with Gasteiger partial charge in [0.2, 0.25) is 0 Å². The predicted octanol–water partition coefficient (Wildman–Crippen LogP) is 7.41. The number of fused-ring (bicyclic) bond motifs is 2. The van der Waals surface area contributed by atoms with Gasteiger partial charge in [-0.05, 0) is 117 Å². The number of para-hydroxylation sites is 2. The Hall–Kier alpha value is -6.17. The van der Waals surface area contributed by atoms with Gasteiger partial charge in [-0.3, -0.25) is 9.59 Å². The third-order valence-electron chi connectivity index (χ3n) is 10.3. The number of rotatable bonds is 7. The molecule has 4 aromatic carbocycles. The molecule has 0 bridgehead atoms. The van der Waals surface area contributed by atoms with Crippen molar-refractivity contribution in [3.8, 4) is 22.3 Å². The topological polar surface area (TPSA) is 167 Å². The van der Waals surface area contributed by atoms with Crippen molar-refractivity contribution in [2.24, 2.45) is 14.1 Å². The van der Waals surface area contributed by atoms with Gasteiger partial charge >= 0.3 is 63.4 Å². The molecule has 14 nitrogen and oxygen atoms in total. The number of aromatic nitrogens is 4. The number of carbonyl (C=O) groups is 2. The number of halogens is 1. The van der Waals surface area contributed by atoms with Crippen LogP contribution in [0.1, 0.15) is 20.0 Å². The predicted molar refractivity (Wildman–Crippen MR) is 275 cm³/mol. The molecule has 8 aromatic rings. The first-order valence-corrected chi connectivity index (χ1v) is 20.9. The average Bonchev–Trinajstić information content (AvgIpc) is 3.29. The molecular weight excluding hydrogens is 891 g/mol. The van der Waals surface area contributed by atoms with Gasteiger partial charge in [0.25, 0.3) is 11.1 Å². The molecule has 67 heavy (non-hydrogen) atoms. The fourth-order valence-corrected chi connectivity index (χ4v) is 7.09. The molecule has 342 valence electrons. The zero-order valence-electron chi connectivity index (χ0n) is 39.4. The van der Waals surface area contributed by atoms with Gasteiger partial charge in [0.15, 0.2) is 0 Å². The Kier molecular flexibility index (Phi) is 19.6. The number of benzene rings is 4. The van der Waals surface area contributed by atoms with Crippen LogP contribution < -0.4 is 94.0 Å². The van der Waals surface area contributed by atoms with Crippen LogP contribution in [0.5, 0.6) is 0 Å². The minimum Gasteiger partial charge on any atom is -1.00 e. The maximum atomic E-state index is 13.2. The van der Waals surface area contributed by atoms with Crippen molar-refractivity contribution >= 4 is 74.0 Å². The number of nitrogens with zero attached hydrogens (tertiary/aromatic N) is 5. The van der Waals surface area contributed by atoms with Crippen molar-refractivity contribution in [3.63, 3.8) is 0 Å². The molecule has 4 aromatic heterocycles. The van der Waals surface area contributed by atoms with Crippen LogP contribution in [-0.4, -0.2) is 59.4 Å². The summed E-state index contributed by atoms with van der Waals surface area (Å²) >= 11 is 5.98. The van der Waals surface area contributed by atoms with Gasteiger partial charge < -0.3 is 42.0 Å². The summed E-state index contributed by atoms with van der Waals surface area (Å²) in [4.78, 5) is 61.5. The number of hydrogen-bond donors (Lipinski definition) is 5. The largest absolute Gasteiger partial charge is 1.00 e. The third kappa shape index (κ3) is 13.5. The van der Waals surface area contributed by atoms with Gasteiger partial charge in [0.05, 0.1) is 11.0 Å². The second-order valence-corrected chi connectivity index (χ2v) is 15.7. The molecule has 16 heteroatoms. The van der Waals surface area contributed by atoms with Gasteiger partial charge in [-0.2, -0.15) is 0 Å². The number of amides is 4. The van der Waals surface area contributed by atoms with E-state index >= 15 is 0 Å². The van der Waals surface area contributed by atoms with E-state index in [1.165, 1.54) is 0 Å². The van der Waals surface area contributed by atoms with Gasteiger partial charge in [-0.1, -0.05) is 67.6 Å². The van der Waals surface area contributed by atoms with E-state index in [1.807, 2.05) is 132 Å². The number of carbonyl (C=O) groups excluding carboxylic acids is 2. The summed E-state index contributed by atoms with van der Waals surface area (Å²) in [7, 11) is 11.0. The molecule has 0 spiro atoms. The summed E-state index contributed by atoms with van der Waals surface area (Å²) in [6.07, 6.45) is 3.42. The summed E-state index contributed by atoms with van der Waals surface area (Å²) in [5.41, 5.74) is 8.28. The zero-order chi connectivity index (χ0) is 46.8. The molecule has 0 aliphatic heterocycles. The van der Waals surface area contributed by atoms with E-state index in [4.69, 9.17) is 11.6 Å². The van der Waals surface area contributed by atoms with Gasteiger partial charge in [0.1, 0.15) is 11.0 Å². The van der Waals surface area contributed by atoms with E-state index in [1.54, 1.807) is 72.0 Å². The van der Waals surface area contributed by atoms with Crippen LogP contribution in [0.3, 0.4) is 0 Å². The van der Waals surface area contributed by atoms with E-state index in [2.05, 4.69) is 36.6 Å². The van der Waals surface area contributed by atoms with Crippen LogP contribution in [-0.2, 0) is 14.1 Å². The maximum Gasteiger partial charge on any atom is 1.00 e. The van der Waals surface area contributed by atoms with Crippen LogP contribution in [0, 0.1) is 13.8 Å². The summed E-state index contributed by atoms with van der Waals surface area (Å²) in [5.74, 6) is 0.784. The first kappa shape index (κ1) is 53.4. The molecule has 0 radical (unpaired) electrons. The molecule has 0 saturated heterocycles. The van der Waals surface area contributed by atoms with Crippen molar-refractivity contribution in [2.45, 2.75) is 21.3 Å². The van der Waals surface area contributed by atoms with Crippen LogP contribution in [0.4, 0.5) is 38.2 Å². The monoisotopic (exact) mass is 946 g/mol. The summed E-state index contributed by atoms with van der Waals surface area (Å²) < 4.78 is 3.20. The van der Waals surface area contributed by atoms with Crippen molar-refractivity contribution < 1.29 is 62.4 Å². The summed E-state index contributed by atoms with van der Waals surface area (Å²) in [6, 6.07) is 35.9. The molecule has 0 unspecified atom stereocenters. The van der Waals surface area contributed by atoms with E-state index in [-0.39, 0.29) is 83.4 Å². The second-order valence-electron chi connectivity index (χ2n) is 15.4. The zero-order valence-corrected chi connectivity index (χ0v) is 42.3. The van der Waals surface area contributed by atoms with Crippen LogP contribution in [0.15, 0.2) is 143 Å². The quantitative estimate of drug-likeness (QED) is 0.0814. The van der Waals surface area contributed by atoms with Crippen molar-refractivity contribution in [3.05, 3.63) is 171 Å².